The molecule has 0 radical (unpaired) electrons. The van der Waals surface area contributed by atoms with Crippen LogP contribution in [0.5, 0.6) is 0 Å². The van der Waals surface area contributed by atoms with Crippen LogP contribution in [-0.2, 0) is 0 Å². The first-order valence-electron chi connectivity index (χ1n) is 4.12. The van der Waals surface area contributed by atoms with E-state index in [0.717, 1.165) is 5.56 Å². The molecule has 0 amide bonds. The standard InChI is InChI=1S/C11H10S2/c12-11(13)10-6-5-8-3-1-2-4-9(8)7-10/h1-7,11-13H. The van der Waals surface area contributed by atoms with Crippen LogP contribution in [0.1, 0.15) is 10.1 Å². The van der Waals surface area contributed by atoms with Crippen molar-refractivity contribution in [1.29, 1.82) is 0 Å². The van der Waals surface area contributed by atoms with Gasteiger partial charge in [-0.2, -0.15) is 25.3 Å². The van der Waals surface area contributed by atoms with Gasteiger partial charge in [0.15, 0.2) is 0 Å². The molecular formula is C11H10S2. The molecule has 13 heavy (non-hydrogen) atoms. The van der Waals surface area contributed by atoms with Crippen molar-refractivity contribution in [3.8, 4) is 0 Å². The summed E-state index contributed by atoms with van der Waals surface area (Å²) < 4.78 is 0.00426. The zero-order valence-corrected chi connectivity index (χ0v) is 8.80. The minimum Gasteiger partial charge on any atom is -0.160 e. The summed E-state index contributed by atoms with van der Waals surface area (Å²) in [6, 6.07) is 14.6. The SMILES string of the molecule is SC(S)c1ccc2ccccc2c1. The monoisotopic (exact) mass is 206 g/mol. The topological polar surface area (TPSA) is 0 Å². The summed E-state index contributed by atoms with van der Waals surface area (Å²) in [7, 11) is 0. The fourth-order valence-electron chi connectivity index (χ4n) is 1.37. The van der Waals surface area contributed by atoms with Gasteiger partial charge in [0.25, 0.3) is 0 Å². The molecule has 66 valence electrons. The molecule has 0 heterocycles. The molecule has 0 N–H and O–H groups in total. The fraction of sp³-hybridized carbons (Fsp3) is 0.0909. The minimum atomic E-state index is 0.00426. The van der Waals surface area contributed by atoms with Crippen LogP contribution in [-0.4, -0.2) is 0 Å². The number of rotatable bonds is 1. The van der Waals surface area contributed by atoms with Gasteiger partial charge >= 0.3 is 0 Å². The van der Waals surface area contributed by atoms with Crippen LogP contribution in [0, 0.1) is 0 Å². The first-order valence-corrected chi connectivity index (χ1v) is 5.15. The Bertz CT molecular complexity index is 421. The van der Waals surface area contributed by atoms with Gasteiger partial charge in [-0.1, -0.05) is 36.4 Å². The predicted octanol–water partition coefficient (Wildman–Crippen LogP) is 3.70. The minimum absolute atomic E-state index is 0.00426. The lowest BCUT2D eigenvalue weighted by molar-refractivity contribution is 1.43. The Hall–Kier alpha value is -0.600. The lowest BCUT2D eigenvalue weighted by atomic mass is 10.1. The molecule has 2 aromatic rings. The lowest BCUT2D eigenvalue weighted by Crippen LogP contribution is -1.81. The first-order chi connectivity index (χ1) is 6.27. The van der Waals surface area contributed by atoms with Gasteiger partial charge in [-0.15, -0.1) is 0 Å². The van der Waals surface area contributed by atoms with Crippen molar-refractivity contribution in [3.05, 3.63) is 48.0 Å². The van der Waals surface area contributed by atoms with Gasteiger partial charge in [0.05, 0.1) is 4.58 Å². The van der Waals surface area contributed by atoms with E-state index in [1.165, 1.54) is 10.8 Å². The van der Waals surface area contributed by atoms with Crippen LogP contribution in [0.3, 0.4) is 0 Å². The Kier molecular flexibility index (Phi) is 2.51. The maximum atomic E-state index is 4.28. The average Bonchev–Trinajstić information content (AvgIpc) is 2.17. The second-order valence-electron chi connectivity index (χ2n) is 2.98. The fourth-order valence-corrected chi connectivity index (χ4v) is 1.69. The van der Waals surface area contributed by atoms with Gasteiger partial charge in [-0.05, 0) is 22.4 Å². The quantitative estimate of drug-likeness (QED) is 0.516. The molecule has 0 aliphatic heterocycles. The highest BCUT2D eigenvalue weighted by Gasteiger charge is 2.00. The van der Waals surface area contributed by atoms with Crippen molar-refractivity contribution < 1.29 is 0 Å². The van der Waals surface area contributed by atoms with E-state index in [1.54, 1.807) is 0 Å². The summed E-state index contributed by atoms with van der Waals surface area (Å²) in [5.74, 6) is 0. The zero-order chi connectivity index (χ0) is 9.26. The predicted molar refractivity (Wildman–Crippen MR) is 64.7 cm³/mol. The highest BCUT2D eigenvalue weighted by Crippen LogP contribution is 2.26. The van der Waals surface area contributed by atoms with Gasteiger partial charge in [0.1, 0.15) is 0 Å². The van der Waals surface area contributed by atoms with E-state index in [1.807, 2.05) is 12.1 Å². The summed E-state index contributed by atoms with van der Waals surface area (Å²) in [5, 5.41) is 2.50. The second-order valence-corrected chi connectivity index (χ2v) is 4.42. The summed E-state index contributed by atoms with van der Waals surface area (Å²) in [6.45, 7) is 0. The molecule has 0 bridgehead atoms. The maximum Gasteiger partial charge on any atom is 0.0692 e. The molecule has 0 saturated carbocycles. The third-order valence-corrected chi connectivity index (χ3v) is 2.67. The molecule has 0 nitrogen and oxygen atoms in total. The van der Waals surface area contributed by atoms with Crippen LogP contribution in [0.4, 0.5) is 0 Å². The molecule has 0 atom stereocenters. The number of thiol groups is 2. The van der Waals surface area contributed by atoms with E-state index in [-0.39, 0.29) is 4.58 Å². The zero-order valence-electron chi connectivity index (χ0n) is 7.01. The first kappa shape index (κ1) is 8.97. The van der Waals surface area contributed by atoms with Crippen LogP contribution < -0.4 is 0 Å². The van der Waals surface area contributed by atoms with Crippen molar-refractivity contribution in [2.75, 3.05) is 0 Å². The summed E-state index contributed by atoms with van der Waals surface area (Å²) in [4.78, 5) is 0. The van der Waals surface area contributed by atoms with Gasteiger partial charge in [-0.3, -0.25) is 0 Å². The molecule has 2 heteroatoms. The normalized spacial score (nSPS) is 11.0. The van der Waals surface area contributed by atoms with Crippen molar-refractivity contribution >= 4 is 36.0 Å². The van der Waals surface area contributed by atoms with Gasteiger partial charge in [0, 0.05) is 0 Å². The molecule has 0 aromatic heterocycles. The largest absolute Gasteiger partial charge is 0.160 e. The van der Waals surface area contributed by atoms with Crippen molar-refractivity contribution in [3.63, 3.8) is 0 Å². The second kappa shape index (κ2) is 3.64. The summed E-state index contributed by atoms with van der Waals surface area (Å²) in [6.07, 6.45) is 0. The third-order valence-electron chi connectivity index (χ3n) is 2.07. The molecule has 0 aliphatic rings. The summed E-state index contributed by atoms with van der Waals surface area (Å²) >= 11 is 8.55. The Balaban J connectivity index is 2.62. The Morgan fingerprint density at radius 1 is 0.846 bits per heavy atom. The molecule has 0 aliphatic carbocycles. The molecule has 2 rings (SSSR count). The highest BCUT2D eigenvalue weighted by atomic mass is 32.2. The maximum absolute atomic E-state index is 4.28. The van der Waals surface area contributed by atoms with Gasteiger partial charge in [-0.25, -0.2) is 0 Å². The van der Waals surface area contributed by atoms with Crippen LogP contribution in [0.15, 0.2) is 42.5 Å². The Labute approximate surface area is 88.8 Å². The van der Waals surface area contributed by atoms with Crippen molar-refractivity contribution in [1.82, 2.24) is 0 Å². The van der Waals surface area contributed by atoms with Crippen molar-refractivity contribution in [2.24, 2.45) is 0 Å². The number of fused-ring (bicyclic) bond motifs is 1. The van der Waals surface area contributed by atoms with E-state index >= 15 is 0 Å². The average molecular weight is 206 g/mol. The van der Waals surface area contributed by atoms with E-state index in [0.29, 0.717) is 0 Å². The van der Waals surface area contributed by atoms with Crippen LogP contribution >= 0.6 is 25.3 Å². The van der Waals surface area contributed by atoms with E-state index in [4.69, 9.17) is 0 Å². The highest BCUT2D eigenvalue weighted by molar-refractivity contribution is 7.98. The number of benzene rings is 2. The van der Waals surface area contributed by atoms with Crippen LogP contribution in [0.2, 0.25) is 0 Å². The van der Waals surface area contributed by atoms with Crippen molar-refractivity contribution in [2.45, 2.75) is 4.58 Å². The molecule has 0 fully saturated rings. The van der Waals surface area contributed by atoms with E-state index in [9.17, 15) is 0 Å². The van der Waals surface area contributed by atoms with Gasteiger partial charge in [0.2, 0.25) is 0 Å². The van der Waals surface area contributed by atoms with E-state index < -0.39 is 0 Å². The summed E-state index contributed by atoms with van der Waals surface area (Å²) in [5.41, 5.74) is 1.14. The van der Waals surface area contributed by atoms with Crippen LogP contribution in [0.25, 0.3) is 10.8 Å². The van der Waals surface area contributed by atoms with Gasteiger partial charge < -0.3 is 0 Å². The third kappa shape index (κ3) is 1.84. The lowest BCUT2D eigenvalue weighted by Gasteiger charge is -2.04. The number of hydrogen-bond donors (Lipinski definition) is 2. The molecular weight excluding hydrogens is 196 g/mol. The molecule has 0 spiro atoms. The Morgan fingerprint density at radius 2 is 1.54 bits per heavy atom. The Morgan fingerprint density at radius 3 is 2.23 bits per heavy atom. The molecule has 0 saturated heterocycles. The molecule has 0 unspecified atom stereocenters. The number of hydrogen-bond acceptors (Lipinski definition) is 2. The molecule has 2 aromatic carbocycles. The van der Waals surface area contributed by atoms with E-state index in [2.05, 4.69) is 55.6 Å². The smallest absolute Gasteiger partial charge is 0.0692 e.